The SMILES string of the molecule is c1ccc(-c2cccc(C3CN4CCC3CC4)c2)cc1. The smallest absolute Gasteiger partial charge is 0.00530 e. The molecule has 3 fully saturated rings. The predicted molar refractivity (Wildman–Crippen MR) is 83.8 cm³/mol. The van der Waals surface area contributed by atoms with Gasteiger partial charge in [0.2, 0.25) is 0 Å². The second-order valence-corrected chi connectivity index (χ2v) is 6.24. The highest BCUT2D eigenvalue weighted by atomic mass is 15.1. The van der Waals surface area contributed by atoms with Crippen molar-refractivity contribution in [1.82, 2.24) is 4.90 Å². The van der Waals surface area contributed by atoms with Gasteiger partial charge in [-0.1, -0.05) is 54.6 Å². The van der Waals surface area contributed by atoms with Crippen molar-refractivity contribution < 1.29 is 0 Å². The van der Waals surface area contributed by atoms with Crippen LogP contribution in [0.1, 0.15) is 24.3 Å². The highest BCUT2D eigenvalue weighted by Crippen LogP contribution is 2.39. The topological polar surface area (TPSA) is 3.24 Å². The summed E-state index contributed by atoms with van der Waals surface area (Å²) in [6, 6.07) is 20.0. The van der Waals surface area contributed by atoms with Crippen LogP contribution < -0.4 is 0 Å². The summed E-state index contributed by atoms with van der Waals surface area (Å²) in [5.41, 5.74) is 4.23. The second kappa shape index (κ2) is 5.06. The molecule has 102 valence electrons. The number of piperidine rings is 3. The van der Waals surface area contributed by atoms with Crippen LogP contribution in [0.4, 0.5) is 0 Å². The van der Waals surface area contributed by atoms with Crippen molar-refractivity contribution in [3.8, 4) is 11.1 Å². The van der Waals surface area contributed by atoms with Gasteiger partial charge in [-0.25, -0.2) is 0 Å². The molecule has 0 saturated carbocycles. The normalized spacial score (nSPS) is 28.5. The Bertz CT molecular complexity index is 582. The maximum Gasteiger partial charge on any atom is 0.00530 e. The van der Waals surface area contributed by atoms with E-state index in [2.05, 4.69) is 59.5 Å². The van der Waals surface area contributed by atoms with Gasteiger partial charge in [0.1, 0.15) is 0 Å². The molecule has 0 spiro atoms. The second-order valence-electron chi connectivity index (χ2n) is 6.24. The van der Waals surface area contributed by atoms with Crippen LogP contribution in [0.5, 0.6) is 0 Å². The lowest BCUT2D eigenvalue weighted by molar-refractivity contribution is 0.0871. The zero-order chi connectivity index (χ0) is 13.4. The Balaban J connectivity index is 1.66. The Morgan fingerprint density at radius 1 is 0.800 bits per heavy atom. The summed E-state index contributed by atoms with van der Waals surface area (Å²) in [7, 11) is 0. The minimum Gasteiger partial charge on any atom is -0.303 e. The van der Waals surface area contributed by atoms with E-state index in [1.165, 1.54) is 43.6 Å². The Morgan fingerprint density at radius 2 is 1.55 bits per heavy atom. The molecule has 20 heavy (non-hydrogen) atoms. The van der Waals surface area contributed by atoms with Gasteiger partial charge in [-0.3, -0.25) is 0 Å². The highest BCUT2D eigenvalue weighted by Gasteiger charge is 2.34. The fraction of sp³-hybridized carbons (Fsp3) is 0.368. The number of benzene rings is 2. The molecule has 2 aromatic rings. The van der Waals surface area contributed by atoms with Crippen molar-refractivity contribution in [1.29, 1.82) is 0 Å². The van der Waals surface area contributed by atoms with Gasteiger partial charge in [-0.2, -0.15) is 0 Å². The number of rotatable bonds is 2. The minimum atomic E-state index is 0.751. The van der Waals surface area contributed by atoms with E-state index in [0.717, 1.165) is 11.8 Å². The summed E-state index contributed by atoms with van der Waals surface area (Å²) in [6.45, 7) is 3.90. The van der Waals surface area contributed by atoms with Crippen molar-refractivity contribution in [3.63, 3.8) is 0 Å². The van der Waals surface area contributed by atoms with Gasteiger partial charge in [-0.05, 0) is 54.5 Å². The molecule has 1 heteroatoms. The monoisotopic (exact) mass is 263 g/mol. The summed E-state index contributed by atoms with van der Waals surface area (Å²) in [6.07, 6.45) is 2.78. The third-order valence-electron chi connectivity index (χ3n) is 5.08. The third-order valence-corrected chi connectivity index (χ3v) is 5.08. The Kier molecular flexibility index (Phi) is 3.08. The van der Waals surface area contributed by atoms with Gasteiger partial charge >= 0.3 is 0 Å². The van der Waals surface area contributed by atoms with Gasteiger partial charge in [0.25, 0.3) is 0 Å². The molecule has 1 unspecified atom stereocenters. The van der Waals surface area contributed by atoms with Crippen LogP contribution in [-0.4, -0.2) is 24.5 Å². The first-order valence-corrected chi connectivity index (χ1v) is 7.78. The molecule has 0 aliphatic carbocycles. The van der Waals surface area contributed by atoms with Crippen LogP contribution in [0.15, 0.2) is 54.6 Å². The van der Waals surface area contributed by atoms with Crippen molar-refractivity contribution in [2.45, 2.75) is 18.8 Å². The van der Waals surface area contributed by atoms with Gasteiger partial charge in [0.05, 0.1) is 0 Å². The van der Waals surface area contributed by atoms with Crippen LogP contribution in [0.2, 0.25) is 0 Å². The van der Waals surface area contributed by atoms with Crippen molar-refractivity contribution in [2.75, 3.05) is 19.6 Å². The standard InChI is InChI=1S/C19H21N/c1-2-5-15(6-3-1)17-7-4-8-18(13-17)19-14-20-11-9-16(19)10-12-20/h1-8,13,16,19H,9-12,14H2. The average molecular weight is 263 g/mol. The van der Waals surface area contributed by atoms with Gasteiger partial charge in [0, 0.05) is 6.54 Å². The number of fused-ring (bicyclic) bond motifs is 3. The quantitative estimate of drug-likeness (QED) is 0.786. The summed E-state index contributed by atoms with van der Waals surface area (Å²) in [4.78, 5) is 2.64. The number of nitrogens with zero attached hydrogens (tertiary/aromatic N) is 1. The molecule has 3 saturated heterocycles. The molecule has 2 bridgehead atoms. The molecule has 0 N–H and O–H groups in total. The van der Waals surface area contributed by atoms with Gasteiger partial charge in [0.15, 0.2) is 0 Å². The molecular formula is C19H21N. The average Bonchev–Trinajstić information content (AvgIpc) is 2.57. The van der Waals surface area contributed by atoms with E-state index in [1.807, 2.05) is 0 Å². The lowest BCUT2D eigenvalue weighted by Crippen LogP contribution is -2.46. The molecular weight excluding hydrogens is 242 g/mol. The Hall–Kier alpha value is -1.60. The lowest BCUT2D eigenvalue weighted by Gasteiger charge is -2.45. The van der Waals surface area contributed by atoms with E-state index in [4.69, 9.17) is 0 Å². The Labute approximate surface area is 121 Å². The van der Waals surface area contributed by atoms with Crippen molar-refractivity contribution in [3.05, 3.63) is 60.2 Å². The van der Waals surface area contributed by atoms with Gasteiger partial charge < -0.3 is 4.90 Å². The molecule has 0 radical (unpaired) electrons. The molecule has 0 amide bonds. The summed E-state index contributed by atoms with van der Waals surface area (Å²) < 4.78 is 0. The summed E-state index contributed by atoms with van der Waals surface area (Å²) in [5.74, 6) is 1.66. The van der Waals surface area contributed by atoms with Crippen LogP contribution >= 0.6 is 0 Å². The largest absolute Gasteiger partial charge is 0.303 e. The van der Waals surface area contributed by atoms with Crippen LogP contribution in [0.25, 0.3) is 11.1 Å². The third kappa shape index (κ3) is 2.16. The number of hydrogen-bond donors (Lipinski definition) is 0. The Morgan fingerprint density at radius 3 is 2.25 bits per heavy atom. The van der Waals surface area contributed by atoms with E-state index in [0.29, 0.717) is 0 Å². The van der Waals surface area contributed by atoms with Crippen LogP contribution in [-0.2, 0) is 0 Å². The van der Waals surface area contributed by atoms with Crippen molar-refractivity contribution >= 4 is 0 Å². The molecule has 1 nitrogen and oxygen atoms in total. The minimum absolute atomic E-state index is 0.751. The molecule has 3 heterocycles. The zero-order valence-electron chi connectivity index (χ0n) is 11.8. The first-order valence-electron chi connectivity index (χ1n) is 7.78. The molecule has 3 aliphatic heterocycles. The summed E-state index contributed by atoms with van der Waals surface area (Å²) in [5, 5.41) is 0. The van der Waals surface area contributed by atoms with E-state index < -0.39 is 0 Å². The number of hydrogen-bond acceptors (Lipinski definition) is 1. The maximum absolute atomic E-state index is 2.64. The zero-order valence-corrected chi connectivity index (χ0v) is 11.8. The van der Waals surface area contributed by atoms with E-state index >= 15 is 0 Å². The highest BCUT2D eigenvalue weighted by molar-refractivity contribution is 5.64. The maximum atomic E-state index is 2.64. The first-order chi connectivity index (χ1) is 9.90. The fourth-order valence-electron chi connectivity index (χ4n) is 3.92. The fourth-order valence-corrected chi connectivity index (χ4v) is 3.92. The molecule has 2 aromatic carbocycles. The van der Waals surface area contributed by atoms with E-state index in [-0.39, 0.29) is 0 Å². The first kappa shape index (κ1) is 12.2. The molecule has 5 rings (SSSR count). The van der Waals surface area contributed by atoms with Crippen LogP contribution in [0, 0.1) is 5.92 Å². The molecule has 3 aliphatic rings. The molecule has 1 atom stereocenters. The predicted octanol–water partition coefficient (Wildman–Crippen LogP) is 4.16. The summed E-state index contributed by atoms with van der Waals surface area (Å²) >= 11 is 0. The lowest BCUT2D eigenvalue weighted by atomic mass is 9.75. The molecule has 0 aromatic heterocycles. The van der Waals surface area contributed by atoms with E-state index in [9.17, 15) is 0 Å². The van der Waals surface area contributed by atoms with E-state index in [1.54, 1.807) is 5.56 Å². The van der Waals surface area contributed by atoms with Crippen molar-refractivity contribution in [2.24, 2.45) is 5.92 Å². The van der Waals surface area contributed by atoms with Gasteiger partial charge in [-0.15, -0.1) is 0 Å². The van der Waals surface area contributed by atoms with Crippen LogP contribution in [0.3, 0.4) is 0 Å².